The average Bonchev–Trinajstić information content (AvgIpc) is 3.49. The highest BCUT2D eigenvalue weighted by atomic mass is 16.2. The van der Waals surface area contributed by atoms with Gasteiger partial charge in [0.25, 0.3) is 0 Å². The summed E-state index contributed by atoms with van der Waals surface area (Å²) >= 11 is 0. The molecule has 164 valence electrons. The molecule has 7 nitrogen and oxygen atoms in total. The number of rotatable bonds is 10. The van der Waals surface area contributed by atoms with Crippen molar-refractivity contribution in [1.82, 2.24) is 19.7 Å². The molecule has 7 heteroatoms. The van der Waals surface area contributed by atoms with E-state index in [2.05, 4.69) is 10.2 Å². The van der Waals surface area contributed by atoms with Gasteiger partial charge in [-0.1, -0.05) is 43.2 Å². The smallest absolute Gasteiger partial charge is 0.249 e. The third-order valence-electron chi connectivity index (χ3n) is 5.49. The number of nitrogens with one attached hydrogen (secondary N) is 1. The molecule has 0 unspecified atom stereocenters. The van der Waals surface area contributed by atoms with Crippen LogP contribution < -0.4 is 5.73 Å². The number of primary amides is 1. The summed E-state index contributed by atoms with van der Waals surface area (Å²) in [5, 5.41) is 15.9. The first kappa shape index (κ1) is 21.5. The van der Waals surface area contributed by atoms with Gasteiger partial charge in [-0.3, -0.25) is 14.5 Å². The molecule has 0 radical (unpaired) electrons. The van der Waals surface area contributed by atoms with E-state index in [-0.39, 0.29) is 6.61 Å². The molecule has 4 rings (SSSR count). The number of aliphatic hydroxyl groups is 1. The molecule has 1 amide bonds. The fourth-order valence-electron chi connectivity index (χ4n) is 3.92. The summed E-state index contributed by atoms with van der Waals surface area (Å²) in [6.07, 6.45) is 10.2. The molecule has 0 aliphatic carbocycles. The molecule has 4 N–H and O–H groups in total. The Bertz CT molecular complexity index is 1170. The number of carbonyl (C=O) groups is 1. The minimum absolute atomic E-state index is 0.230. The van der Waals surface area contributed by atoms with Crippen molar-refractivity contribution in [3.8, 4) is 28.2 Å². The third-order valence-corrected chi connectivity index (χ3v) is 5.49. The number of aromatic amines is 1. The first-order chi connectivity index (χ1) is 15.7. The van der Waals surface area contributed by atoms with Crippen molar-refractivity contribution in [1.29, 1.82) is 0 Å². The molecule has 4 aromatic rings. The van der Waals surface area contributed by atoms with Crippen molar-refractivity contribution in [2.45, 2.75) is 32.1 Å². The molecule has 2 aromatic carbocycles. The standard InChI is InChI=1S/C25H27N5O2/c26-24(32)22-13-8-12-21(18-15-27-28-16-18)23(22)25-29-19(9-4-1-2-7-14-31)17-30(25)20-10-5-3-6-11-20/h3,5-6,8,10-13,15-17,31H,1-2,4,7,9,14H2,(H2,26,32)(H,27,28). The van der Waals surface area contributed by atoms with E-state index in [1.165, 1.54) is 0 Å². The van der Waals surface area contributed by atoms with E-state index >= 15 is 0 Å². The number of hydrogen-bond acceptors (Lipinski definition) is 4. The number of nitrogens with zero attached hydrogens (tertiary/aromatic N) is 3. The largest absolute Gasteiger partial charge is 0.396 e. The maximum atomic E-state index is 12.4. The number of imidazole rings is 1. The lowest BCUT2D eigenvalue weighted by atomic mass is 9.96. The van der Waals surface area contributed by atoms with E-state index < -0.39 is 5.91 Å². The zero-order valence-corrected chi connectivity index (χ0v) is 17.9. The summed E-state index contributed by atoms with van der Waals surface area (Å²) < 4.78 is 2.02. The Balaban J connectivity index is 1.83. The van der Waals surface area contributed by atoms with Crippen LogP contribution in [-0.4, -0.2) is 37.4 Å². The normalized spacial score (nSPS) is 11.0. The second-order valence-corrected chi connectivity index (χ2v) is 7.73. The molecule has 0 aliphatic rings. The van der Waals surface area contributed by atoms with Gasteiger partial charge in [-0.05, 0) is 43.0 Å². The Morgan fingerprint density at radius 2 is 1.84 bits per heavy atom. The van der Waals surface area contributed by atoms with Crippen molar-refractivity contribution in [3.05, 3.63) is 78.4 Å². The first-order valence-electron chi connectivity index (χ1n) is 10.9. The lowest BCUT2D eigenvalue weighted by Crippen LogP contribution is -2.14. The highest BCUT2D eigenvalue weighted by Crippen LogP contribution is 2.35. The number of aryl methyl sites for hydroxylation is 1. The molecule has 2 aromatic heterocycles. The molecule has 0 bridgehead atoms. The predicted octanol–water partition coefficient (Wildman–Crippen LogP) is 4.12. The van der Waals surface area contributed by atoms with Gasteiger partial charge in [0.2, 0.25) is 5.91 Å². The Kier molecular flexibility index (Phi) is 6.77. The molecule has 0 atom stereocenters. The SMILES string of the molecule is NC(=O)c1cccc(-c2cn[nH]c2)c1-c1nc(CCCCCCO)cn1-c1ccccc1. The number of amides is 1. The zero-order valence-electron chi connectivity index (χ0n) is 17.9. The Morgan fingerprint density at radius 1 is 1.03 bits per heavy atom. The van der Waals surface area contributed by atoms with Crippen molar-refractivity contribution in [2.24, 2.45) is 5.73 Å². The summed E-state index contributed by atoms with van der Waals surface area (Å²) in [7, 11) is 0. The Hall–Kier alpha value is -3.71. The van der Waals surface area contributed by atoms with Crippen LogP contribution in [0.5, 0.6) is 0 Å². The van der Waals surface area contributed by atoms with E-state index in [9.17, 15) is 4.79 Å². The van der Waals surface area contributed by atoms with E-state index in [0.29, 0.717) is 17.0 Å². The highest BCUT2D eigenvalue weighted by molar-refractivity contribution is 6.03. The molecule has 0 aliphatic heterocycles. The number of nitrogens with two attached hydrogens (primary N) is 1. The molecular formula is C25H27N5O2. The number of benzene rings is 2. The first-order valence-corrected chi connectivity index (χ1v) is 10.9. The number of para-hydroxylation sites is 1. The van der Waals surface area contributed by atoms with E-state index in [1.54, 1.807) is 18.5 Å². The maximum absolute atomic E-state index is 12.4. The van der Waals surface area contributed by atoms with Crippen molar-refractivity contribution >= 4 is 5.91 Å². The van der Waals surface area contributed by atoms with Gasteiger partial charge in [0.1, 0.15) is 5.82 Å². The number of H-pyrrole nitrogens is 1. The van der Waals surface area contributed by atoms with Gasteiger partial charge in [0.05, 0.1) is 17.5 Å². The molecule has 0 fully saturated rings. The average molecular weight is 430 g/mol. The van der Waals surface area contributed by atoms with Gasteiger partial charge in [-0.2, -0.15) is 5.10 Å². The third kappa shape index (κ3) is 4.63. The Morgan fingerprint density at radius 3 is 2.56 bits per heavy atom. The number of carbonyl (C=O) groups excluding carboxylic acids is 1. The van der Waals surface area contributed by atoms with Crippen LogP contribution in [-0.2, 0) is 6.42 Å². The summed E-state index contributed by atoms with van der Waals surface area (Å²) in [5.74, 6) is 0.172. The second-order valence-electron chi connectivity index (χ2n) is 7.73. The van der Waals surface area contributed by atoms with Gasteiger partial charge in [-0.25, -0.2) is 4.98 Å². The highest BCUT2D eigenvalue weighted by Gasteiger charge is 2.22. The molecule has 2 heterocycles. The molecule has 0 saturated heterocycles. The molecular weight excluding hydrogens is 402 g/mol. The van der Waals surface area contributed by atoms with Gasteiger partial charge in [0, 0.05) is 35.8 Å². The van der Waals surface area contributed by atoms with Crippen molar-refractivity contribution in [2.75, 3.05) is 6.61 Å². The minimum atomic E-state index is -0.501. The van der Waals surface area contributed by atoms with E-state index in [1.807, 2.05) is 53.2 Å². The van der Waals surface area contributed by atoms with Gasteiger partial charge in [0.15, 0.2) is 0 Å². The quantitative estimate of drug-likeness (QED) is 0.329. The van der Waals surface area contributed by atoms with Crippen LogP contribution >= 0.6 is 0 Å². The maximum Gasteiger partial charge on any atom is 0.249 e. The summed E-state index contributed by atoms with van der Waals surface area (Å²) in [6, 6.07) is 15.5. The summed E-state index contributed by atoms with van der Waals surface area (Å²) in [5.41, 5.74) is 10.5. The van der Waals surface area contributed by atoms with Gasteiger partial charge in [-0.15, -0.1) is 0 Å². The van der Waals surface area contributed by atoms with E-state index in [4.69, 9.17) is 15.8 Å². The second kappa shape index (κ2) is 10.1. The van der Waals surface area contributed by atoms with Crippen molar-refractivity contribution < 1.29 is 9.90 Å². The van der Waals surface area contributed by atoms with Gasteiger partial charge < -0.3 is 10.8 Å². The number of aromatic nitrogens is 4. The monoisotopic (exact) mass is 429 g/mol. The van der Waals surface area contributed by atoms with Crippen LogP contribution in [0.25, 0.3) is 28.2 Å². The molecule has 0 spiro atoms. The van der Waals surface area contributed by atoms with Crippen molar-refractivity contribution in [3.63, 3.8) is 0 Å². The number of aliphatic hydroxyl groups excluding tert-OH is 1. The van der Waals surface area contributed by atoms with Gasteiger partial charge >= 0.3 is 0 Å². The lowest BCUT2D eigenvalue weighted by molar-refractivity contribution is 0.100. The van der Waals surface area contributed by atoms with Crippen LogP contribution in [0.15, 0.2) is 67.1 Å². The summed E-state index contributed by atoms with van der Waals surface area (Å²) in [6.45, 7) is 0.230. The topological polar surface area (TPSA) is 110 Å². The molecule has 32 heavy (non-hydrogen) atoms. The van der Waals surface area contributed by atoms with Crippen LogP contribution in [0.3, 0.4) is 0 Å². The number of unbranched alkanes of at least 4 members (excludes halogenated alkanes) is 3. The predicted molar refractivity (Wildman–Crippen MR) is 124 cm³/mol. The van der Waals surface area contributed by atoms with E-state index in [0.717, 1.165) is 54.6 Å². The lowest BCUT2D eigenvalue weighted by Gasteiger charge is -2.14. The zero-order chi connectivity index (χ0) is 22.3. The van der Waals surface area contributed by atoms with Crippen LogP contribution in [0, 0.1) is 0 Å². The van der Waals surface area contributed by atoms with Crippen LogP contribution in [0.2, 0.25) is 0 Å². The number of hydrogen-bond donors (Lipinski definition) is 3. The fourth-order valence-corrected chi connectivity index (χ4v) is 3.92. The minimum Gasteiger partial charge on any atom is -0.396 e. The van der Waals surface area contributed by atoms with Crippen LogP contribution in [0.1, 0.15) is 41.7 Å². The molecule has 0 saturated carbocycles. The van der Waals surface area contributed by atoms with Crippen LogP contribution in [0.4, 0.5) is 0 Å². The summed E-state index contributed by atoms with van der Waals surface area (Å²) in [4.78, 5) is 17.3. The Labute approximate surface area is 186 Å². The fraction of sp³-hybridized carbons (Fsp3) is 0.240.